The van der Waals surface area contributed by atoms with Crippen molar-refractivity contribution in [3.63, 3.8) is 0 Å². The van der Waals surface area contributed by atoms with Crippen LogP contribution in [0.3, 0.4) is 0 Å². The first kappa shape index (κ1) is 13.1. The van der Waals surface area contributed by atoms with Gasteiger partial charge in [0.05, 0.1) is 11.4 Å². The summed E-state index contributed by atoms with van der Waals surface area (Å²) in [6.45, 7) is 6.71. The van der Waals surface area contributed by atoms with Crippen molar-refractivity contribution in [2.24, 2.45) is 0 Å². The van der Waals surface area contributed by atoms with Gasteiger partial charge in [-0.05, 0) is 45.0 Å². The topological polar surface area (TPSA) is 33.1 Å². The van der Waals surface area contributed by atoms with E-state index >= 15 is 0 Å². The molecule has 2 aliphatic rings. The Morgan fingerprint density at radius 3 is 2.63 bits per heavy atom. The molecule has 2 aliphatic heterocycles. The van der Waals surface area contributed by atoms with Gasteiger partial charge in [-0.15, -0.1) is 0 Å². The van der Waals surface area contributed by atoms with Crippen LogP contribution in [0.15, 0.2) is 6.07 Å². The molecule has 4 nitrogen and oxygen atoms in total. The van der Waals surface area contributed by atoms with Crippen molar-refractivity contribution in [1.82, 2.24) is 20.0 Å². The number of hydrogen-bond donors (Lipinski definition) is 1. The maximum Gasteiger partial charge on any atom is 0.0768 e. The molecule has 0 bridgehead atoms. The van der Waals surface area contributed by atoms with Crippen molar-refractivity contribution < 1.29 is 0 Å². The standard InChI is InChI=1S/C15H26N4/c1-2-4-8-18(9-5-3-1)13-14-11-15-12-16-7-6-10-19(15)17-14/h11,16H,1-10,12-13H2. The molecule has 4 heteroatoms. The summed E-state index contributed by atoms with van der Waals surface area (Å²) in [4.78, 5) is 2.59. The second kappa shape index (κ2) is 6.53. The molecule has 0 spiro atoms. The van der Waals surface area contributed by atoms with E-state index in [4.69, 9.17) is 5.10 Å². The van der Waals surface area contributed by atoms with Crippen LogP contribution in [-0.4, -0.2) is 34.3 Å². The Bertz CT molecular complexity index is 367. The second-order valence-corrected chi connectivity index (χ2v) is 5.92. The van der Waals surface area contributed by atoms with Crippen molar-refractivity contribution in [2.75, 3.05) is 19.6 Å². The third-order valence-electron chi connectivity index (χ3n) is 4.28. The van der Waals surface area contributed by atoms with Crippen LogP contribution in [0.1, 0.15) is 49.9 Å². The van der Waals surface area contributed by atoms with Crippen LogP contribution in [0.2, 0.25) is 0 Å². The largest absolute Gasteiger partial charge is 0.311 e. The SMILES string of the molecule is c1c(CN2CCCCCCC2)nn2c1CNCCC2. The monoisotopic (exact) mass is 262 g/mol. The van der Waals surface area contributed by atoms with Gasteiger partial charge in [0.15, 0.2) is 0 Å². The molecular formula is C15H26N4. The fraction of sp³-hybridized carbons (Fsp3) is 0.800. The maximum absolute atomic E-state index is 4.79. The predicted octanol–water partition coefficient (Wildman–Crippen LogP) is 2.14. The van der Waals surface area contributed by atoms with Crippen LogP contribution in [0.5, 0.6) is 0 Å². The molecule has 106 valence electrons. The molecule has 0 aliphatic carbocycles. The highest BCUT2D eigenvalue weighted by Gasteiger charge is 2.14. The Morgan fingerprint density at radius 2 is 1.79 bits per heavy atom. The fourth-order valence-electron chi connectivity index (χ4n) is 3.20. The average molecular weight is 262 g/mol. The summed E-state index contributed by atoms with van der Waals surface area (Å²) in [5, 5.41) is 8.26. The Balaban J connectivity index is 1.62. The third-order valence-corrected chi connectivity index (χ3v) is 4.28. The molecule has 0 amide bonds. The summed E-state index contributed by atoms with van der Waals surface area (Å²) < 4.78 is 2.21. The summed E-state index contributed by atoms with van der Waals surface area (Å²) in [6, 6.07) is 2.30. The van der Waals surface area contributed by atoms with Crippen LogP contribution in [0.25, 0.3) is 0 Å². The molecule has 1 aromatic heterocycles. The van der Waals surface area contributed by atoms with E-state index in [-0.39, 0.29) is 0 Å². The van der Waals surface area contributed by atoms with Gasteiger partial charge >= 0.3 is 0 Å². The molecule has 1 aromatic rings. The van der Waals surface area contributed by atoms with Gasteiger partial charge < -0.3 is 5.32 Å². The highest BCUT2D eigenvalue weighted by atomic mass is 15.3. The Kier molecular flexibility index (Phi) is 4.51. The van der Waals surface area contributed by atoms with Crippen molar-refractivity contribution in [3.8, 4) is 0 Å². The first-order valence-corrected chi connectivity index (χ1v) is 7.90. The van der Waals surface area contributed by atoms with Crippen LogP contribution in [0.4, 0.5) is 0 Å². The van der Waals surface area contributed by atoms with Gasteiger partial charge in [0, 0.05) is 19.6 Å². The molecule has 0 atom stereocenters. The number of aromatic nitrogens is 2. The Labute approximate surface area is 116 Å². The first-order chi connectivity index (χ1) is 9.42. The molecule has 3 rings (SSSR count). The van der Waals surface area contributed by atoms with Gasteiger partial charge in [-0.2, -0.15) is 5.10 Å². The lowest BCUT2D eigenvalue weighted by Gasteiger charge is -2.23. The lowest BCUT2D eigenvalue weighted by atomic mass is 10.1. The number of aryl methyl sites for hydroxylation is 1. The molecule has 0 saturated carbocycles. The quantitative estimate of drug-likeness (QED) is 0.886. The lowest BCUT2D eigenvalue weighted by Crippen LogP contribution is -2.27. The van der Waals surface area contributed by atoms with Gasteiger partial charge in [-0.25, -0.2) is 0 Å². The minimum absolute atomic E-state index is 0.979. The van der Waals surface area contributed by atoms with E-state index in [1.807, 2.05) is 0 Å². The lowest BCUT2D eigenvalue weighted by molar-refractivity contribution is 0.236. The normalized spacial score (nSPS) is 22.3. The molecule has 0 radical (unpaired) electrons. The van der Waals surface area contributed by atoms with E-state index in [2.05, 4.69) is 21.0 Å². The number of likely N-dealkylation sites (tertiary alicyclic amines) is 1. The van der Waals surface area contributed by atoms with Crippen molar-refractivity contribution in [2.45, 2.75) is 58.2 Å². The second-order valence-electron chi connectivity index (χ2n) is 5.92. The Morgan fingerprint density at radius 1 is 1.00 bits per heavy atom. The summed E-state index contributed by atoms with van der Waals surface area (Å²) in [5.74, 6) is 0. The number of nitrogens with one attached hydrogen (secondary N) is 1. The van der Waals surface area contributed by atoms with Crippen molar-refractivity contribution in [3.05, 3.63) is 17.5 Å². The summed E-state index contributed by atoms with van der Waals surface area (Å²) in [6.07, 6.45) is 8.14. The third kappa shape index (κ3) is 3.57. The smallest absolute Gasteiger partial charge is 0.0768 e. The minimum Gasteiger partial charge on any atom is -0.311 e. The highest BCUT2D eigenvalue weighted by Crippen LogP contribution is 2.14. The zero-order chi connectivity index (χ0) is 12.9. The Hall–Kier alpha value is -0.870. The number of hydrogen-bond acceptors (Lipinski definition) is 3. The summed E-state index contributed by atoms with van der Waals surface area (Å²) in [5.41, 5.74) is 2.62. The van der Waals surface area contributed by atoms with Gasteiger partial charge in [-0.3, -0.25) is 9.58 Å². The van der Waals surface area contributed by atoms with Gasteiger partial charge in [0.1, 0.15) is 0 Å². The maximum atomic E-state index is 4.79. The van der Waals surface area contributed by atoms with Crippen LogP contribution < -0.4 is 5.32 Å². The molecule has 0 aromatic carbocycles. The summed E-state index contributed by atoms with van der Waals surface area (Å²) in [7, 11) is 0. The minimum atomic E-state index is 0.979. The molecule has 0 unspecified atom stereocenters. The van der Waals surface area contributed by atoms with Crippen LogP contribution in [0, 0.1) is 0 Å². The highest BCUT2D eigenvalue weighted by molar-refractivity contribution is 5.11. The molecule has 19 heavy (non-hydrogen) atoms. The van der Waals surface area contributed by atoms with Gasteiger partial charge in [0.2, 0.25) is 0 Å². The average Bonchev–Trinajstić information content (AvgIpc) is 2.62. The number of nitrogens with zero attached hydrogens (tertiary/aromatic N) is 3. The van der Waals surface area contributed by atoms with E-state index in [1.54, 1.807) is 0 Å². The van der Waals surface area contributed by atoms with E-state index < -0.39 is 0 Å². The number of rotatable bonds is 2. The predicted molar refractivity (Wildman–Crippen MR) is 76.9 cm³/mol. The van der Waals surface area contributed by atoms with Gasteiger partial charge in [-0.1, -0.05) is 19.3 Å². The zero-order valence-electron chi connectivity index (χ0n) is 11.9. The van der Waals surface area contributed by atoms with Gasteiger partial charge in [0.25, 0.3) is 0 Å². The molecule has 1 fully saturated rings. The number of fused-ring (bicyclic) bond motifs is 1. The molecule has 3 heterocycles. The fourth-order valence-corrected chi connectivity index (χ4v) is 3.20. The first-order valence-electron chi connectivity index (χ1n) is 7.90. The van der Waals surface area contributed by atoms with E-state index in [0.717, 1.165) is 26.2 Å². The zero-order valence-corrected chi connectivity index (χ0v) is 11.9. The molecular weight excluding hydrogens is 236 g/mol. The van der Waals surface area contributed by atoms with E-state index in [9.17, 15) is 0 Å². The van der Waals surface area contributed by atoms with Crippen LogP contribution in [-0.2, 0) is 19.6 Å². The van der Waals surface area contributed by atoms with Crippen LogP contribution >= 0.6 is 0 Å². The summed E-state index contributed by atoms with van der Waals surface area (Å²) >= 11 is 0. The van der Waals surface area contributed by atoms with Crippen molar-refractivity contribution in [1.29, 1.82) is 0 Å². The van der Waals surface area contributed by atoms with E-state index in [1.165, 1.54) is 63.0 Å². The van der Waals surface area contributed by atoms with E-state index in [0.29, 0.717) is 0 Å². The molecule has 1 saturated heterocycles. The van der Waals surface area contributed by atoms with Crippen molar-refractivity contribution >= 4 is 0 Å². The molecule has 1 N–H and O–H groups in total.